The van der Waals surface area contributed by atoms with Crippen LogP contribution in [0.15, 0.2) is 47.4 Å². The highest BCUT2D eigenvalue weighted by molar-refractivity contribution is 7.92. The first-order chi connectivity index (χ1) is 12.9. The van der Waals surface area contributed by atoms with Gasteiger partial charge in [-0.2, -0.15) is 0 Å². The van der Waals surface area contributed by atoms with Crippen molar-refractivity contribution in [1.29, 1.82) is 0 Å². The number of hydrogen-bond acceptors (Lipinski definition) is 4. The zero-order valence-electron chi connectivity index (χ0n) is 15.5. The molecule has 0 aliphatic heterocycles. The van der Waals surface area contributed by atoms with Gasteiger partial charge in [0.15, 0.2) is 0 Å². The number of hydrogen-bond donors (Lipinski definition) is 3. The van der Waals surface area contributed by atoms with Gasteiger partial charge in [0, 0.05) is 22.1 Å². The Hall–Kier alpha value is -2.00. The maximum atomic E-state index is 12.7. The lowest BCUT2D eigenvalue weighted by Gasteiger charge is -2.35. The van der Waals surface area contributed by atoms with Crippen molar-refractivity contribution < 1.29 is 18.3 Å². The number of anilines is 1. The van der Waals surface area contributed by atoms with Crippen LogP contribution in [0, 0.1) is 0 Å². The molecule has 0 atom stereocenters. The minimum Gasteiger partial charge on any atom is -0.464 e. The van der Waals surface area contributed by atoms with Gasteiger partial charge in [0.05, 0.1) is 10.6 Å². The molecule has 1 amide bonds. The number of carbonyl (C=O) groups is 1. The third-order valence-electron chi connectivity index (χ3n) is 3.81. The van der Waals surface area contributed by atoms with E-state index in [0.717, 1.165) is 0 Å². The molecule has 0 radical (unpaired) electrons. The molecule has 10 heteroatoms. The van der Waals surface area contributed by atoms with E-state index in [4.69, 9.17) is 28.3 Å². The monoisotopic (exact) mass is 445 g/mol. The van der Waals surface area contributed by atoms with Crippen LogP contribution in [0.3, 0.4) is 0 Å². The Morgan fingerprint density at radius 1 is 1.07 bits per heavy atom. The number of hydrazine groups is 1. The molecule has 2 aromatic rings. The fraction of sp³-hybridized carbons (Fsp3) is 0.278. The van der Waals surface area contributed by atoms with Crippen LogP contribution in [0.5, 0.6) is 0 Å². The Morgan fingerprint density at radius 2 is 1.64 bits per heavy atom. The normalized spacial score (nSPS) is 12.1. The van der Waals surface area contributed by atoms with Crippen LogP contribution < -0.4 is 10.1 Å². The number of sulfonamides is 1. The molecule has 0 bridgehead atoms. The number of benzene rings is 2. The lowest BCUT2D eigenvalue weighted by Crippen LogP contribution is -2.51. The minimum atomic E-state index is -3.89. The van der Waals surface area contributed by atoms with Crippen molar-refractivity contribution in [3.8, 4) is 0 Å². The largest absolute Gasteiger partial charge is 0.464 e. The van der Waals surface area contributed by atoms with Crippen molar-refractivity contribution in [2.75, 3.05) is 4.72 Å². The summed E-state index contributed by atoms with van der Waals surface area (Å²) in [4.78, 5) is 11.2. The van der Waals surface area contributed by atoms with Crippen molar-refractivity contribution in [2.24, 2.45) is 0 Å². The highest BCUT2D eigenvalue weighted by Crippen LogP contribution is 2.27. The van der Waals surface area contributed by atoms with Crippen LogP contribution in [0.4, 0.5) is 10.5 Å². The molecule has 0 saturated carbocycles. The third-order valence-corrected chi connectivity index (χ3v) is 5.68. The second-order valence-corrected chi connectivity index (χ2v) is 9.59. The van der Waals surface area contributed by atoms with Crippen molar-refractivity contribution >= 4 is 45.0 Å². The maximum absolute atomic E-state index is 12.7. The average molecular weight is 446 g/mol. The quantitative estimate of drug-likeness (QED) is 0.565. The molecular formula is C18H21Cl2N3O4S. The van der Waals surface area contributed by atoms with E-state index in [1.165, 1.54) is 35.3 Å². The van der Waals surface area contributed by atoms with Crippen LogP contribution in [-0.2, 0) is 16.6 Å². The van der Waals surface area contributed by atoms with Gasteiger partial charge in [0.25, 0.3) is 10.0 Å². The summed E-state index contributed by atoms with van der Waals surface area (Å²) < 4.78 is 27.9. The number of nitrogens with one attached hydrogen (secondary N) is 2. The van der Waals surface area contributed by atoms with E-state index in [-0.39, 0.29) is 17.1 Å². The van der Waals surface area contributed by atoms with Crippen molar-refractivity contribution in [3.05, 3.63) is 58.1 Å². The molecule has 0 aromatic heterocycles. The molecule has 0 spiro atoms. The summed E-state index contributed by atoms with van der Waals surface area (Å²) in [7, 11) is -3.89. The number of halogens is 2. The lowest BCUT2D eigenvalue weighted by molar-refractivity contribution is 0.0611. The summed E-state index contributed by atoms with van der Waals surface area (Å²) in [6.45, 7) is 5.61. The predicted molar refractivity (Wildman–Crippen MR) is 110 cm³/mol. The molecule has 0 aliphatic rings. The van der Waals surface area contributed by atoms with Crippen LogP contribution in [0.25, 0.3) is 0 Å². The summed E-state index contributed by atoms with van der Waals surface area (Å²) >= 11 is 11.9. The Kier molecular flexibility index (Phi) is 6.82. The number of amides is 1. The molecule has 2 aromatic carbocycles. The van der Waals surface area contributed by atoms with E-state index >= 15 is 0 Å². The summed E-state index contributed by atoms with van der Waals surface area (Å²) in [5.74, 6) is 0. The summed E-state index contributed by atoms with van der Waals surface area (Å²) in [5.41, 5.74) is 2.59. The zero-order chi connectivity index (χ0) is 21.1. The lowest BCUT2D eigenvalue weighted by atomic mass is 10.1. The van der Waals surface area contributed by atoms with Gasteiger partial charge in [-0.05, 0) is 62.7 Å². The van der Waals surface area contributed by atoms with Crippen molar-refractivity contribution in [3.63, 3.8) is 0 Å². The molecule has 2 rings (SSSR count). The average Bonchev–Trinajstić information content (AvgIpc) is 2.55. The summed E-state index contributed by atoms with van der Waals surface area (Å²) in [6, 6.07) is 10.5. The molecule has 7 nitrogen and oxygen atoms in total. The molecule has 0 heterocycles. The van der Waals surface area contributed by atoms with E-state index in [0.29, 0.717) is 15.6 Å². The van der Waals surface area contributed by atoms with Crippen LogP contribution in [0.2, 0.25) is 10.0 Å². The van der Waals surface area contributed by atoms with Gasteiger partial charge in [0.2, 0.25) is 0 Å². The van der Waals surface area contributed by atoms with E-state index in [1.807, 2.05) is 20.8 Å². The highest BCUT2D eigenvalue weighted by atomic mass is 35.5. The minimum absolute atomic E-state index is 0.0409. The zero-order valence-corrected chi connectivity index (χ0v) is 17.9. The Labute approximate surface area is 174 Å². The van der Waals surface area contributed by atoms with E-state index in [2.05, 4.69) is 10.1 Å². The third kappa shape index (κ3) is 6.00. The Morgan fingerprint density at radius 3 is 2.18 bits per heavy atom. The van der Waals surface area contributed by atoms with E-state index in [1.54, 1.807) is 12.1 Å². The number of carboxylic acid groups (broad SMARTS) is 1. The van der Waals surface area contributed by atoms with Gasteiger partial charge in [-0.3, -0.25) is 10.1 Å². The standard InChI is InChI=1S/C18H21Cl2N3O4S/c1-18(2,3)23(21-17(24)25)11-12-4-5-14(20)10-16(12)22-28(26,27)15-8-6-13(19)7-9-15/h4-10,21-22H,11H2,1-3H3,(H,24,25). The fourth-order valence-corrected chi connectivity index (χ4v) is 3.72. The van der Waals surface area contributed by atoms with Gasteiger partial charge in [-0.25, -0.2) is 18.2 Å². The van der Waals surface area contributed by atoms with Gasteiger partial charge in [-0.15, -0.1) is 0 Å². The summed E-state index contributed by atoms with van der Waals surface area (Å²) in [5, 5.41) is 11.3. The number of rotatable bonds is 6. The fourth-order valence-electron chi connectivity index (χ4n) is 2.33. The molecule has 0 saturated heterocycles. The first-order valence-electron chi connectivity index (χ1n) is 8.22. The second kappa shape index (κ2) is 8.57. The molecule has 28 heavy (non-hydrogen) atoms. The van der Waals surface area contributed by atoms with Crippen molar-refractivity contribution in [2.45, 2.75) is 37.8 Å². The molecular weight excluding hydrogens is 425 g/mol. The summed E-state index contributed by atoms with van der Waals surface area (Å²) in [6.07, 6.45) is -1.22. The highest BCUT2D eigenvalue weighted by Gasteiger charge is 2.25. The van der Waals surface area contributed by atoms with Crippen molar-refractivity contribution in [1.82, 2.24) is 10.4 Å². The number of nitrogens with zero attached hydrogens (tertiary/aromatic N) is 1. The first kappa shape index (κ1) is 22.3. The second-order valence-electron chi connectivity index (χ2n) is 7.03. The SMILES string of the molecule is CC(C)(C)N(Cc1ccc(Cl)cc1NS(=O)(=O)c1ccc(Cl)cc1)NC(=O)O. The molecule has 152 valence electrons. The molecule has 3 N–H and O–H groups in total. The van der Waals surface area contributed by atoms with E-state index in [9.17, 15) is 13.2 Å². The van der Waals surface area contributed by atoms with Crippen LogP contribution >= 0.6 is 23.2 Å². The predicted octanol–water partition coefficient (Wildman–Crippen LogP) is 4.58. The van der Waals surface area contributed by atoms with Gasteiger partial charge < -0.3 is 5.11 Å². The molecule has 0 fully saturated rings. The Bertz CT molecular complexity index is 958. The maximum Gasteiger partial charge on any atom is 0.419 e. The van der Waals surface area contributed by atoms with Gasteiger partial charge in [0.1, 0.15) is 0 Å². The van der Waals surface area contributed by atoms with Crippen LogP contribution in [0.1, 0.15) is 26.3 Å². The van der Waals surface area contributed by atoms with Crippen LogP contribution in [-0.4, -0.2) is 30.2 Å². The smallest absolute Gasteiger partial charge is 0.419 e. The Balaban J connectivity index is 2.38. The molecule has 0 unspecified atom stereocenters. The topological polar surface area (TPSA) is 98.7 Å². The van der Waals surface area contributed by atoms with Gasteiger partial charge >= 0.3 is 6.09 Å². The van der Waals surface area contributed by atoms with E-state index < -0.39 is 21.7 Å². The first-order valence-corrected chi connectivity index (χ1v) is 10.5. The van der Waals surface area contributed by atoms with Gasteiger partial charge in [-0.1, -0.05) is 29.3 Å². The molecule has 0 aliphatic carbocycles.